The zero-order valence-corrected chi connectivity index (χ0v) is 10.7. The summed E-state index contributed by atoms with van der Waals surface area (Å²) in [4.78, 5) is 8.22. The lowest BCUT2D eigenvalue weighted by Gasteiger charge is -2.08. The number of aromatic nitrogens is 2. The van der Waals surface area contributed by atoms with Gasteiger partial charge in [0, 0.05) is 6.07 Å². The number of hydrazine groups is 1. The topological polar surface area (TPSA) is 82.3 Å². The molecule has 2 rings (SSSR count). The van der Waals surface area contributed by atoms with Crippen LogP contribution in [0.25, 0.3) is 0 Å². The fourth-order valence-electron chi connectivity index (χ4n) is 1.48. The molecule has 0 spiro atoms. The summed E-state index contributed by atoms with van der Waals surface area (Å²) in [6, 6.07) is 7.48. The average molecular weight is 260 g/mol. The van der Waals surface area contributed by atoms with E-state index in [1.165, 1.54) is 0 Å². The highest BCUT2D eigenvalue weighted by atomic mass is 16.5. The van der Waals surface area contributed by atoms with Gasteiger partial charge in [-0.1, -0.05) is 6.07 Å². The maximum Gasteiger partial charge on any atom is 0.158 e. The second kappa shape index (κ2) is 6.55. The molecular weight excluding hydrogens is 244 g/mol. The van der Waals surface area contributed by atoms with Crippen molar-refractivity contribution < 1.29 is 9.47 Å². The Morgan fingerprint density at radius 1 is 1.16 bits per heavy atom. The average Bonchev–Trinajstić information content (AvgIpc) is 2.46. The number of benzene rings is 1. The molecular formula is C13H16N4O2. The van der Waals surface area contributed by atoms with Gasteiger partial charge < -0.3 is 14.9 Å². The van der Waals surface area contributed by atoms with Crippen molar-refractivity contribution in [2.45, 2.75) is 13.5 Å². The van der Waals surface area contributed by atoms with Crippen LogP contribution >= 0.6 is 0 Å². The molecule has 0 unspecified atom stereocenters. The van der Waals surface area contributed by atoms with Crippen molar-refractivity contribution >= 4 is 5.82 Å². The van der Waals surface area contributed by atoms with E-state index in [-0.39, 0.29) is 0 Å². The van der Waals surface area contributed by atoms with Crippen LogP contribution in [0, 0.1) is 0 Å². The summed E-state index contributed by atoms with van der Waals surface area (Å²) in [5.41, 5.74) is 3.14. The molecule has 0 saturated heterocycles. The molecule has 2 aromatic rings. The van der Waals surface area contributed by atoms with E-state index >= 15 is 0 Å². The Morgan fingerprint density at radius 2 is 1.95 bits per heavy atom. The van der Waals surface area contributed by atoms with Crippen LogP contribution in [-0.2, 0) is 6.61 Å². The molecule has 0 radical (unpaired) electrons. The summed E-state index contributed by atoms with van der Waals surface area (Å²) in [5, 5.41) is 0. The van der Waals surface area contributed by atoms with Gasteiger partial charge in [0.25, 0.3) is 0 Å². The molecule has 3 N–H and O–H groups in total. The largest absolute Gasteiger partial charge is 0.494 e. The van der Waals surface area contributed by atoms with Crippen LogP contribution in [0.3, 0.4) is 0 Å². The molecule has 0 aliphatic heterocycles. The predicted octanol–water partition coefficient (Wildman–Crippen LogP) is 1.74. The molecule has 0 aliphatic rings. The first-order valence-corrected chi connectivity index (χ1v) is 5.95. The molecule has 6 nitrogen and oxygen atoms in total. The Bertz CT molecular complexity index is 516. The molecule has 0 fully saturated rings. The van der Waals surface area contributed by atoms with Crippen LogP contribution in [0.4, 0.5) is 5.82 Å². The van der Waals surface area contributed by atoms with Crippen LogP contribution in [-0.4, -0.2) is 16.6 Å². The first-order valence-electron chi connectivity index (χ1n) is 5.95. The van der Waals surface area contributed by atoms with Gasteiger partial charge in [-0.05, 0) is 19.1 Å². The number of nitrogens with two attached hydrogens (primary N) is 1. The molecule has 0 amide bonds. The summed E-state index contributed by atoms with van der Waals surface area (Å²) in [6.45, 7) is 2.91. The SMILES string of the molecule is CCOc1cccc(OCc2cnc(NN)cn2)c1. The van der Waals surface area contributed by atoms with Gasteiger partial charge in [-0.25, -0.2) is 10.8 Å². The van der Waals surface area contributed by atoms with Gasteiger partial charge in [-0.3, -0.25) is 4.98 Å². The van der Waals surface area contributed by atoms with Crippen molar-refractivity contribution in [2.24, 2.45) is 5.84 Å². The third-order valence-electron chi connectivity index (χ3n) is 2.36. The molecule has 6 heteroatoms. The first-order chi connectivity index (χ1) is 9.31. The van der Waals surface area contributed by atoms with E-state index in [9.17, 15) is 0 Å². The zero-order valence-electron chi connectivity index (χ0n) is 10.7. The number of hydrogen-bond acceptors (Lipinski definition) is 6. The van der Waals surface area contributed by atoms with Crippen molar-refractivity contribution in [1.29, 1.82) is 0 Å². The minimum atomic E-state index is 0.341. The number of anilines is 1. The summed E-state index contributed by atoms with van der Waals surface area (Å²) >= 11 is 0. The molecule has 0 bridgehead atoms. The van der Waals surface area contributed by atoms with Crippen LogP contribution in [0.2, 0.25) is 0 Å². The molecule has 0 aliphatic carbocycles. The monoisotopic (exact) mass is 260 g/mol. The first kappa shape index (κ1) is 13.1. The van der Waals surface area contributed by atoms with Gasteiger partial charge in [0.05, 0.1) is 24.7 Å². The summed E-state index contributed by atoms with van der Waals surface area (Å²) in [6.07, 6.45) is 3.16. The van der Waals surface area contributed by atoms with Crippen LogP contribution in [0.15, 0.2) is 36.7 Å². The van der Waals surface area contributed by atoms with Crippen LogP contribution in [0.1, 0.15) is 12.6 Å². The number of ether oxygens (including phenoxy) is 2. The van der Waals surface area contributed by atoms with E-state index in [2.05, 4.69) is 15.4 Å². The lowest BCUT2D eigenvalue weighted by Crippen LogP contribution is -2.09. The molecule has 19 heavy (non-hydrogen) atoms. The second-order valence-electron chi connectivity index (χ2n) is 3.73. The minimum absolute atomic E-state index is 0.341. The number of nitrogens with zero attached hydrogens (tertiary/aromatic N) is 2. The molecule has 0 saturated carbocycles. The Morgan fingerprint density at radius 3 is 2.58 bits per heavy atom. The predicted molar refractivity (Wildman–Crippen MR) is 71.8 cm³/mol. The smallest absolute Gasteiger partial charge is 0.158 e. The number of nitrogen functional groups attached to an aromatic ring is 1. The fraction of sp³-hybridized carbons (Fsp3) is 0.231. The van der Waals surface area contributed by atoms with Crippen molar-refractivity contribution in [3.05, 3.63) is 42.4 Å². The minimum Gasteiger partial charge on any atom is -0.494 e. The second-order valence-corrected chi connectivity index (χ2v) is 3.73. The van der Waals surface area contributed by atoms with Gasteiger partial charge in [-0.2, -0.15) is 0 Å². The van der Waals surface area contributed by atoms with Gasteiger partial charge >= 0.3 is 0 Å². The Labute approximate surface area is 111 Å². The Kier molecular flexibility index (Phi) is 4.52. The van der Waals surface area contributed by atoms with Crippen LogP contribution in [0.5, 0.6) is 11.5 Å². The fourth-order valence-corrected chi connectivity index (χ4v) is 1.48. The molecule has 0 atom stereocenters. The maximum absolute atomic E-state index is 5.62. The van der Waals surface area contributed by atoms with E-state index < -0.39 is 0 Å². The van der Waals surface area contributed by atoms with Crippen molar-refractivity contribution in [3.8, 4) is 11.5 Å². The van der Waals surface area contributed by atoms with Crippen molar-refractivity contribution in [3.63, 3.8) is 0 Å². The maximum atomic E-state index is 5.62. The van der Waals surface area contributed by atoms with Gasteiger partial charge in [0.2, 0.25) is 0 Å². The quantitative estimate of drug-likeness (QED) is 0.608. The Hall–Kier alpha value is -2.34. The van der Waals surface area contributed by atoms with Crippen LogP contribution < -0.4 is 20.7 Å². The molecule has 1 heterocycles. The molecule has 100 valence electrons. The van der Waals surface area contributed by atoms with E-state index in [0.717, 1.165) is 17.2 Å². The zero-order chi connectivity index (χ0) is 13.5. The third kappa shape index (κ3) is 3.82. The third-order valence-corrected chi connectivity index (χ3v) is 2.36. The van der Waals surface area contributed by atoms with E-state index in [1.807, 2.05) is 31.2 Å². The lowest BCUT2D eigenvalue weighted by molar-refractivity contribution is 0.295. The summed E-state index contributed by atoms with van der Waals surface area (Å²) in [7, 11) is 0. The van der Waals surface area contributed by atoms with E-state index in [1.54, 1.807) is 12.4 Å². The summed E-state index contributed by atoms with van der Waals surface area (Å²) in [5.74, 6) is 7.24. The van der Waals surface area contributed by atoms with E-state index in [4.69, 9.17) is 15.3 Å². The van der Waals surface area contributed by atoms with Gasteiger partial charge in [0.15, 0.2) is 5.82 Å². The highest BCUT2D eigenvalue weighted by Gasteiger charge is 2.00. The normalized spacial score (nSPS) is 10.0. The van der Waals surface area contributed by atoms with Gasteiger partial charge in [0.1, 0.15) is 18.1 Å². The number of rotatable bonds is 6. The van der Waals surface area contributed by atoms with E-state index in [0.29, 0.717) is 19.0 Å². The van der Waals surface area contributed by atoms with Crippen molar-refractivity contribution in [2.75, 3.05) is 12.0 Å². The Balaban J connectivity index is 1.95. The highest BCUT2D eigenvalue weighted by Crippen LogP contribution is 2.20. The standard InChI is InChI=1S/C13H16N4O2/c1-2-18-11-4-3-5-12(6-11)19-9-10-7-16-13(17-14)8-15-10/h3-8H,2,9,14H2,1H3,(H,16,17). The van der Waals surface area contributed by atoms with Gasteiger partial charge in [-0.15, -0.1) is 0 Å². The highest BCUT2D eigenvalue weighted by molar-refractivity contribution is 5.33. The molecule has 1 aromatic heterocycles. The number of nitrogens with one attached hydrogen (secondary N) is 1. The van der Waals surface area contributed by atoms with Crippen molar-refractivity contribution in [1.82, 2.24) is 9.97 Å². The molecule has 1 aromatic carbocycles. The lowest BCUT2D eigenvalue weighted by atomic mass is 10.3. The summed E-state index contributed by atoms with van der Waals surface area (Å²) < 4.78 is 11.0. The number of hydrogen-bond donors (Lipinski definition) is 2.